The molecular formula is C14H11BrN4O2. The van der Waals surface area contributed by atoms with Gasteiger partial charge in [-0.05, 0) is 24.3 Å². The third-order valence-electron chi connectivity index (χ3n) is 2.92. The minimum absolute atomic E-state index is 0.274. The van der Waals surface area contributed by atoms with Crippen LogP contribution in [0.3, 0.4) is 0 Å². The van der Waals surface area contributed by atoms with Gasteiger partial charge in [-0.3, -0.25) is 9.89 Å². The average Bonchev–Trinajstić information content (AvgIpc) is 2.90. The first kappa shape index (κ1) is 13.6. The topological polar surface area (TPSA) is 79.9 Å². The van der Waals surface area contributed by atoms with Crippen molar-refractivity contribution in [1.82, 2.24) is 15.2 Å². The number of ether oxygens (including phenoxy) is 1. The number of rotatable bonds is 3. The van der Waals surface area contributed by atoms with Gasteiger partial charge >= 0.3 is 0 Å². The highest BCUT2D eigenvalue weighted by atomic mass is 79.9. The normalized spacial score (nSPS) is 10.6. The standard InChI is InChI=1S/C14H11BrN4O2/c1-21-10-6-11-12(18-19-13(11)16-7-10)14(20)17-9-4-2-3-8(15)5-9/h2-7H,1H3,(H,17,20)(H,16,18,19). The fraction of sp³-hybridized carbons (Fsp3) is 0.0714. The van der Waals surface area contributed by atoms with E-state index >= 15 is 0 Å². The minimum Gasteiger partial charge on any atom is -0.495 e. The number of aromatic amines is 1. The first-order valence-electron chi connectivity index (χ1n) is 6.12. The summed E-state index contributed by atoms with van der Waals surface area (Å²) in [6.45, 7) is 0. The highest BCUT2D eigenvalue weighted by Gasteiger charge is 2.16. The monoisotopic (exact) mass is 346 g/mol. The van der Waals surface area contributed by atoms with E-state index in [2.05, 4.69) is 36.4 Å². The first-order chi connectivity index (χ1) is 10.2. The summed E-state index contributed by atoms with van der Waals surface area (Å²) < 4.78 is 6.00. The molecule has 0 unspecified atom stereocenters. The van der Waals surface area contributed by atoms with Gasteiger partial charge in [0, 0.05) is 10.2 Å². The molecule has 3 rings (SSSR count). The molecule has 2 N–H and O–H groups in total. The number of halogens is 1. The molecule has 1 amide bonds. The van der Waals surface area contributed by atoms with Crippen LogP contribution >= 0.6 is 15.9 Å². The molecule has 0 spiro atoms. The predicted molar refractivity (Wildman–Crippen MR) is 82.5 cm³/mol. The van der Waals surface area contributed by atoms with E-state index in [0.717, 1.165) is 4.47 Å². The molecule has 0 aliphatic heterocycles. The lowest BCUT2D eigenvalue weighted by Crippen LogP contribution is -2.12. The Morgan fingerprint density at radius 2 is 2.24 bits per heavy atom. The number of pyridine rings is 1. The summed E-state index contributed by atoms with van der Waals surface area (Å²) >= 11 is 3.36. The summed E-state index contributed by atoms with van der Waals surface area (Å²) in [6.07, 6.45) is 1.57. The Labute approximate surface area is 128 Å². The first-order valence-corrected chi connectivity index (χ1v) is 6.91. The van der Waals surface area contributed by atoms with Crippen LogP contribution in [-0.2, 0) is 0 Å². The predicted octanol–water partition coefficient (Wildman–Crippen LogP) is 2.98. The molecule has 106 valence electrons. The molecule has 1 aromatic carbocycles. The molecule has 7 heteroatoms. The van der Waals surface area contributed by atoms with Gasteiger partial charge < -0.3 is 10.1 Å². The van der Waals surface area contributed by atoms with Crippen LogP contribution in [0.4, 0.5) is 5.69 Å². The van der Waals surface area contributed by atoms with E-state index in [1.54, 1.807) is 25.4 Å². The van der Waals surface area contributed by atoms with Crippen LogP contribution in [-0.4, -0.2) is 28.2 Å². The minimum atomic E-state index is -0.311. The highest BCUT2D eigenvalue weighted by molar-refractivity contribution is 9.10. The maximum atomic E-state index is 12.3. The van der Waals surface area contributed by atoms with E-state index in [1.165, 1.54) is 0 Å². The van der Waals surface area contributed by atoms with Crippen LogP contribution in [0.2, 0.25) is 0 Å². The third-order valence-corrected chi connectivity index (χ3v) is 3.42. The molecule has 0 aliphatic rings. The van der Waals surface area contributed by atoms with Crippen molar-refractivity contribution >= 4 is 38.6 Å². The number of aromatic nitrogens is 3. The molecular weight excluding hydrogens is 336 g/mol. The van der Waals surface area contributed by atoms with E-state index in [0.29, 0.717) is 22.5 Å². The van der Waals surface area contributed by atoms with E-state index < -0.39 is 0 Å². The smallest absolute Gasteiger partial charge is 0.276 e. The largest absolute Gasteiger partial charge is 0.495 e. The van der Waals surface area contributed by atoms with Crippen LogP contribution < -0.4 is 10.1 Å². The Morgan fingerprint density at radius 3 is 3.00 bits per heavy atom. The number of anilines is 1. The Hall–Kier alpha value is -2.41. The zero-order chi connectivity index (χ0) is 14.8. The van der Waals surface area contributed by atoms with Crippen molar-refractivity contribution in [3.05, 3.63) is 46.7 Å². The van der Waals surface area contributed by atoms with Crippen LogP contribution in [0.1, 0.15) is 10.5 Å². The highest BCUT2D eigenvalue weighted by Crippen LogP contribution is 2.21. The van der Waals surface area contributed by atoms with Crippen LogP contribution in [0.25, 0.3) is 11.0 Å². The van der Waals surface area contributed by atoms with E-state index in [9.17, 15) is 4.79 Å². The Bertz CT molecular complexity index is 816. The molecule has 3 aromatic rings. The average molecular weight is 347 g/mol. The summed E-state index contributed by atoms with van der Waals surface area (Å²) in [5.41, 5.74) is 1.49. The van der Waals surface area contributed by atoms with Crippen molar-refractivity contribution in [2.75, 3.05) is 12.4 Å². The number of benzene rings is 1. The number of fused-ring (bicyclic) bond motifs is 1. The van der Waals surface area contributed by atoms with Crippen molar-refractivity contribution in [2.45, 2.75) is 0 Å². The van der Waals surface area contributed by atoms with Crippen LogP contribution in [0.5, 0.6) is 5.75 Å². The zero-order valence-electron chi connectivity index (χ0n) is 11.1. The second-order valence-corrected chi connectivity index (χ2v) is 5.22. The molecule has 0 fully saturated rings. The number of H-pyrrole nitrogens is 1. The number of hydrogen-bond acceptors (Lipinski definition) is 4. The number of hydrogen-bond donors (Lipinski definition) is 2. The summed E-state index contributed by atoms with van der Waals surface area (Å²) in [4.78, 5) is 16.5. The van der Waals surface area contributed by atoms with Gasteiger partial charge in [0.15, 0.2) is 11.3 Å². The van der Waals surface area contributed by atoms with E-state index in [1.807, 2.05) is 18.2 Å². The molecule has 0 saturated carbocycles. The third kappa shape index (κ3) is 2.73. The van der Waals surface area contributed by atoms with Crippen molar-refractivity contribution in [3.63, 3.8) is 0 Å². The Balaban J connectivity index is 1.94. The maximum absolute atomic E-state index is 12.3. The van der Waals surface area contributed by atoms with Crippen molar-refractivity contribution < 1.29 is 9.53 Å². The lowest BCUT2D eigenvalue weighted by Gasteiger charge is -2.04. The maximum Gasteiger partial charge on any atom is 0.276 e. The van der Waals surface area contributed by atoms with E-state index in [-0.39, 0.29) is 11.6 Å². The van der Waals surface area contributed by atoms with Gasteiger partial charge in [-0.15, -0.1) is 0 Å². The molecule has 0 bridgehead atoms. The van der Waals surface area contributed by atoms with E-state index in [4.69, 9.17) is 4.74 Å². The molecule has 2 heterocycles. The zero-order valence-corrected chi connectivity index (χ0v) is 12.6. The number of carbonyl (C=O) groups is 1. The second kappa shape index (κ2) is 5.53. The van der Waals surface area contributed by atoms with Gasteiger partial charge in [-0.2, -0.15) is 5.10 Å². The lowest BCUT2D eigenvalue weighted by molar-refractivity contribution is 0.102. The number of nitrogens with one attached hydrogen (secondary N) is 2. The SMILES string of the molecule is COc1cnc2[nH]nc(C(=O)Nc3cccc(Br)c3)c2c1. The Morgan fingerprint density at radius 1 is 1.38 bits per heavy atom. The van der Waals surface area contributed by atoms with Gasteiger partial charge in [0.2, 0.25) is 0 Å². The summed E-state index contributed by atoms with van der Waals surface area (Å²) in [6, 6.07) is 9.06. The molecule has 0 aliphatic carbocycles. The van der Waals surface area contributed by atoms with Crippen molar-refractivity contribution in [2.24, 2.45) is 0 Å². The summed E-state index contributed by atoms with van der Waals surface area (Å²) in [7, 11) is 1.55. The van der Waals surface area contributed by atoms with Gasteiger partial charge in [0.05, 0.1) is 18.7 Å². The van der Waals surface area contributed by atoms with Crippen molar-refractivity contribution in [3.8, 4) is 5.75 Å². The number of nitrogens with zero attached hydrogens (tertiary/aromatic N) is 2. The molecule has 21 heavy (non-hydrogen) atoms. The molecule has 0 atom stereocenters. The summed E-state index contributed by atoms with van der Waals surface area (Å²) in [5, 5.41) is 10.2. The Kier molecular flexibility index (Phi) is 3.57. The molecule has 2 aromatic heterocycles. The second-order valence-electron chi connectivity index (χ2n) is 4.31. The fourth-order valence-electron chi connectivity index (χ4n) is 1.93. The molecule has 0 radical (unpaired) electrons. The van der Waals surface area contributed by atoms with Gasteiger partial charge in [0.1, 0.15) is 5.75 Å². The lowest BCUT2D eigenvalue weighted by atomic mass is 10.2. The van der Waals surface area contributed by atoms with Crippen LogP contribution in [0.15, 0.2) is 41.0 Å². The molecule has 0 saturated heterocycles. The quantitative estimate of drug-likeness (QED) is 0.763. The molecule has 6 nitrogen and oxygen atoms in total. The van der Waals surface area contributed by atoms with Gasteiger partial charge in [-0.25, -0.2) is 4.98 Å². The number of methoxy groups -OCH3 is 1. The number of carbonyl (C=O) groups excluding carboxylic acids is 1. The number of amides is 1. The van der Waals surface area contributed by atoms with Crippen LogP contribution in [0, 0.1) is 0 Å². The van der Waals surface area contributed by atoms with Crippen molar-refractivity contribution in [1.29, 1.82) is 0 Å². The van der Waals surface area contributed by atoms with Gasteiger partial charge in [0.25, 0.3) is 5.91 Å². The fourth-order valence-corrected chi connectivity index (χ4v) is 2.32. The van der Waals surface area contributed by atoms with Gasteiger partial charge in [-0.1, -0.05) is 22.0 Å². The summed E-state index contributed by atoms with van der Waals surface area (Å²) in [5.74, 6) is 0.259.